The molecule has 16 heavy (non-hydrogen) atoms. The molecule has 0 amide bonds. The molecule has 1 N–H and O–H groups in total. The first-order valence-electron chi connectivity index (χ1n) is 5.46. The Morgan fingerprint density at radius 1 is 1.56 bits per heavy atom. The Morgan fingerprint density at radius 2 is 2.31 bits per heavy atom. The highest BCUT2D eigenvalue weighted by atomic mass is 16.6. The first-order valence-corrected chi connectivity index (χ1v) is 5.46. The van der Waals surface area contributed by atoms with Crippen molar-refractivity contribution in [1.29, 1.82) is 0 Å². The van der Waals surface area contributed by atoms with Crippen LogP contribution in [0.15, 0.2) is 6.20 Å². The van der Waals surface area contributed by atoms with E-state index in [9.17, 15) is 4.79 Å². The van der Waals surface area contributed by atoms with E-state index in [1.165, 1.54) is 0 Å². The fraction of sp³-hybridized carbons (Fsp3) is 0.636. The smallest absolute Gasteiger partial charge is 0.375 e. The largest absolute Gasteiger partial charge is 0.454 e. The Labute approximate surface area is 94.8 Å². The molecule has 0 fully saturated rings. The van der Waals surface area contributed by atoms with Gasteiger partial charge in [0.2, 0.25) is 5.82 Å². The van der Waals surface area contributed by atoms with Gasteiger partial charge in [0, 0.05) is 19.6 Å². The van der Waals surface area contributed by atoms with Crippen molar-refractivity contribution >= 4 is 5.97 Å². The van der Waals surface area contributed by atoms with Crippen LogP contribution in [-0.2, 0) is 17.8 Å². The van der Waals surface area contributed by atoms with Gasteiger partial charge < -0.3 is 14.6 Å². The zero-order chi connectivity index (χ0) is 11.8. The third-order valence-corrected chi connectivity index (χ3v) is 2.34. The first kappa shape index (κ1) is 11.1. The average Bonchev–Trinajstić information content (AvgIpc) is 2.58. The Balaban J connectivity index is 2.21. The van der Waals surface area contributed by atoms with Crippen LogP contribution in [-0.4, -0.2) is 27.7 Å². The van der Waals surface area contributed by atoms with Gasteiger partial charge in [0.15, 0.2) is 0 Å². The van der Waals surface area contributed by atoms with Crippen LogP contribution in [0.1, 0.15) is 37.1 Å². The molecule has 0 aliphatic carbocycles. The van der Waals surface area contributed by atoms with Crippen LogP contribution in [0.3, 0.4) is 0 Å². The molecule has 0 spiro atoms. The highest BCUT2D eigenvalue weighted by Crippen LogP contribution is 2.14. The Bertz CT molecular complexity index is 404. The van der Waals surface area contributed by atoms with Crippen LogP contribution < -0.4 is 5.32 Å². The number of ether oxygens (including phenoxy) is 1. The van der Waals surface area contributed by atoms with Gasteiger partial charge in [-0.25, -0.2) is 9.78 Å². The second kappa shape index (κ2) is 3.90. The molecule has 5 nitrogen and oxygen atoms in total. The summed E-state index contributed by atoms with van der Waals surface area (Å²) in [6.07, 6.45) is 1.73. The molecule has 0 saturated heterocycles. The normalized spacial score (nSPS) is 15.7. The summed E-state index contributed by atoms with van der Waals surface area (Å²) in [5.74, 6) is 0.0621. The molecule has 1 aliphatic rings. The number of esters is 1. The maximum absolute atomic E-state index is 11.9. The van der Waals surface area contributed by atoms with E-state index in [1.807, 2.05) is 25.3 Å². The number of carbonyl (C=O) groups excluding carboxylic acids is 1. The number of hydrogen-bond acceptors (Lipinski definition) is 4. The summed E-state index contributed by atoms with van der Waals surface area (Å²) in [6.45, 7) is 7.95. The molecule has 2 heterocycles. The number of imidazole rings is 1. The third kappa shape index (κ3) is 2.24. The standard InChI is InChI=1S/C11H17N3O2/c1-11(2,3)16-10(15)9-13-7-8-6-12-4-5-14(8)9/h7,12H,4-6H2,1-3H3. The first-order chi connectivity index (χ1) is 7.47. The van der Waals surface area contributed by atoms with E-state index in [0.29, 0.717) is 5.82 Å². The topological polar surface area (TPSA) is 56.1 Å². The SMILES string of the molecule is CC(C)(C)OC(=O)c1ncc2n1CCNC2. The number of rotatable bonds is 1. The van der Waals surface area contributed by atoms with E-state index in [1.54, 1.807) is 6.20 Å². The maximum Gasteiger partial charge on any atom is 0.375 e. The maximum atomic E-state index is 11.9. The van der Waals surface area contributed by atoms with Crippen molar-refractivity contribution in [2.45, 2.75) is 39.5 Å². The number of aromatic nitrogens is 2. The fourth-order valence-corrected chi connectivity index (χ4v) is 1.70. The minimum absolute atomic E-state index is 0.347. The second-order valence-electron chi connectivity index (χ2n) is 4.90. The molecule has 0 radical (unpaired) electrons. The van der Waals surface area contributed by atoms with Crippen molar-refractivity contribution in [3.63, 3.8) is 0 Å². The number of nitrogens with one attached hydrogen (secondary N) is 1. The van der Waals surface area contributed by atoms with E-state index >= 15 is 0 Å². The number of nitrogens with zero attached hydrogens (tertiary/aromatic N) is 2. The number of carbonyl (C=O) groups is 1. The highest BCUT2D eigenvalue weighted by Gasteiger charge is 2.24. The summed E-state index contributed by atoms with van der Waals surface area (Å²) in [5, 5.41) is 3.23. The third-order valence-electron chi connectivity index (χ3n) is 2.34. The number of fused-ring (bicyclic) bond motifs is 1. The monoisotopic (exact) mass is 223 g/mol. The molecule has 1 aromatic rings. The van der Waals surface area contributed by atoms with Crippen LogP contribution in [0.2, 0.25) is 0 Å². The summed E-state index contributed by atoms with van der Waals surface area (Å²) < 4.78 is 7.23. The molecule has 1 aromatic heterocycles. The van der Waals surface area contributed by atoms with Crippen molar-refractivity contribution in [3.8, 4) is 0 Å². The summed E-state index contributed by atoms with van der Waals surface area (Å²) >= 11 is 0. The highest BCUT2D eigenvalue weighted by molar-refractivity contribution is 5.86. The van der Waals surface area contributed by atoms with E-state index in [0.717, 1.165) is 25.3 Å². The van der Waals surface area contributed by atoms with Crippen molar-refractivity contribution in [3.05, 3.63) is 17.7 Å². The minimum Gasteiger partial charge on any atom is -0.454 e. The zero-order valence-corrected chi connectivity index (χ0v) is 9.91. The summed E-state index contributed by atoms with van der Waals surface area (Å²) in [4.78, 5) is 16.0. The van der Waals surface area contributed by atoms with Crippen LogP contribution in [0.4, 0.5) is 0 Å². The van der Waals surface area contributed by atoms with Gasteiger partial charge in [0.1, 0.15) is 5.60 Å². The Kier molecular flexibility index (Phi) is 2.71. The summed E-state index contributed by atoms with van der Waals surface area (Å²) in [6, 6.07) is 0. The van der Waals surface area contributed by atoms with Crippen molar-refractivity contribution in [2.75, 3.05) is 6.54 Å². The van der Waals surface area contributed by atoms with Gasteiger partial charge in [0.05, 0.1) is 11.9 Å². The van der Waals surface area contributed by atoms with Gasteiger partial charge in [-0.2, -0.15) is 0 Å². The molecule has 88 valence electrons. The molecule has 0 bridgehead atoms. The molecular weight excluding hydrogens is 206 g/mol. The molecular formula is C11H17N3O2. The predicted molar refractivity (Wildman–Crippen MR) is 59.1 cm³/mol. The minimum atomic E-state index is -0.476. The van der Waals surface area contributed by atoms with E-state index in [2.05, 4.69) is 10.3 Å². The quantitative estimate of drug-likeness (QED) is 0.720. The van der Waals surface area contributed by atoms with Crippen molar-refractivity contribution < 1.29 is 9.53 Å². The van der Waals surface area contributed by atoms with Gasteiger partial charge >= 0.3 is 5.97 Å². The lowest BCUT2D eigenvalue weighted by Gasteiger charge is -2.21. The van der Waals surface area contributed by atoms with E-state index in [-0.39, 0.29) is 5.97 Å². The van der Waals surface area contributed by atoms with Gasteiger partial charge in [-0.3, -0.25) is 0 Å². The van der Waals surface area contributed by atoms with E-state index in [4.69, 9.17) is 4.74 Å². The Hall–Kier alpha value is -1.36. The average molecular weight is 223 g/mol. The number of hydrogen-bond donors (Lipinski definition) is 1. The molecule has 0 saturated carbocycles. The van der Waals surface area contributed by atoms with E-state index < -0.39 is 5.60 Å². The fourth-order valence-electron chi connectivity index (χ4n) is 1.70. The summed E-state index contributed by atoms with van der Waals surface area (Å²) in [7, 11) is 0. The van der Waals surface area contributed by atoms with Crippen LogP contribution in [0, 0.1) is 0 Å². The van der Waals surface area contributed by atoms with Gasteiger partial charge in [-0.15, -0.1) is 0 Å². The van der Waals surface area contributed by atoms with Gasteiger partial charge in [-0.05, 0) is 20.8 Å². The lowest BCUT2D eigenvalue weighted by atomic mass is 10.2. The lowest BCUT2D eigenvalue weighted by molar-refractivity contribution is 0.00496. The van der Waals surface area contributed by atoms with Crippen molar-refractivity contribution in [2.24, 2.45) is 0 Å². The zero-order valence-electron chi connectivity index (χ0n) is 9.91. The molecule has 5 heteroatoms. The second-order valence-corrected chi connectivity index (χ2v) is 4.90. The Morgan fingerprint density at radius 3 is 3.00 bits per heavy atom. The van der Waals surface area contributed by atoms with Gasteiger partial charge in [-0.1, -0.05) is 0 Å². The molecule has 0 unspecified atom stereocenters. The molecule has 0 aromatic carbocycles. The van der Waals surface area contributed by atoms with Crippen LogP contribution >= 0.6 is 0 Å². The van der Waals surface area contributed by atoms with Crippen LogP contribution in [0.5, 0.6) is 0 Å². The molecule has 1 aliphatic heterocycles. The van der Waals surface area contributed by atoms with Crippen molar-refractivity contribution in [1.82, 2.24) is 14.9 Å². The van der Waals surface area contributed by atoms with Crippen LogP contribution in [0.25, 0.3) is 0 Å². The summed E-state index contributed by atoms with van der Waals surface area (Å²) in [5.41, 5.74) is 0.559. The lowest BCUT2D eigenvalue weighted by Crippen LogP contribution is -2.31. The molecule has 0 atom stereocenters. The predicted octanol–water partition coefficient (Wildman–Crippen LogP) is 0.942. The van der Waals surface area contributed by atoms with Gasteiger partial charge in [0.25, 0.3) is 0 Å². The molecule has 2 rings (SSSR count).